The van der Waals surface area contributed by atoms with Gasteiger partial charge in [0.15, 0.2) is 0 Å². The molecule has 0 saturated carbocycles. The Labute approximate surface area is 246 Å². The number of nitrogens with one attached hydrogen (secondary N) is 2. The lowest BCUT2D eigenvalue weighted by Gasteiger charge is -2.14. The number of phenolic OH excluding ortho intramolecular Hbond substituents is 2. The van der Waals surface area contributed by atoms with Gasteiger partial charge in [0, 0.05) is 25.0 Å². The molecule has 2 aromatic carbocycles. The van der Waals surface area contributed by atoms with Gasteiger partial charge in [0.2, 0.25) is 11.8 Å². The molecule has 0 saturated heterocycles. The van der Waals surface area contributed by atoms with Crippen LogP contribution in [0.5, 0.6) is 11.5 Å². The van der Waals surface area contributed by atoms with E-state index in [0.29, 0.717) is 18.3 Å². The van der Waals surface area contributed by atoms with Crippen LogP contribution in [0.1, 0.15) is 38.8 Å². The number of amides is 2. The van der Waals surface area contributed by atoms with E-state index in [0.717, 1.165) is 0 Å². The van der Waals surface area contributed by atoms with Crippen LogP contribution in [0.4, 0.5) is 0 Å². The number of hydrogen-bond acceptors (Lipinski definition) is 8. The van der Waals surface area contributed by atoms with Gasteiger partial charge in [-0.05, 0) is 107 Å². The van der Waals surface area contributed by atoms with Crippen molar-refractivity contribution in [3.8, 4) is 22.6 Å². The highest BCUT2D eigenvalue weighted by atomic mass is 127. The van der Waals surface area contributed by atoms with Gasteiger partial charge in [-0.3, -0.25) is 9.59 Å². The molecule has 0 radical (unpaired) electrons. The van der Waals surface area contributed by atoms with Gasteiger partial charge in [0.1, 0.15) is 22.9 Å². The maximum absolute atomic E-state index is 12.3. The third-order valence-corrected chi connectivity index (χ3v) is 6.34. The summed E-state index contributed by atoms with van der Waals surface area (Å²) >= 11 is 3.80. The quantitative estimate of drug-likeness (QED) is 0.171. The maximum atomic E-state index is 12.3. The fourth-order valence-corrected chi connectivity index (χ4v) is 4.54. The molecule has 0 unspecified atom stereocenters. The molecular weight excluding hydrogens is 722 g/mol. The lowest BCUT2D eigenvalue weighted by molar-refractivity contribution is -0.140. The van der Waals surface area contributed by atoms with Crippen LogP contribution in [0.2, 0.25) is 0 Å². The summed E-state index contributed by atoms with van der Waals surface area (Å²) in [6.07, 6.45) is 2.79. The normalized spacial score (nSPS) is 11.5. The van der Waals surface area contributed by atoms with Crippen molar-refractivity contribution >= 4 is 81.1 Å². The Kier molecular flexibility index (Phi) is 11.6. The Bertz CT molecular complexity index is 1230. The van der Waals surface area contributed by atoms with Crippen LogP contribution < -0.4 is 10.6 Å². The number of rotatable bonds is 9. The average molecular weight is 748 g/mol. The fourth-order valence-electron chi connectivity index (χ4n) is 3.24. The predicted octanol–water partition coefficient (Wildman–Crippen LogP) is 4.05. The van der Waals surface area contributed by atoms with Crippen molar-refractivity contribution in [2.24, 2.45) is 0 Å². The summed E-state index contributed by atoms with van der Waals surface area (Å²) < 4.78 is 10.8. The Hall–Kier alpha value is -3.14. The first-order valence-electron chi connectivity index (χ1n) is 11.3. The van der Waals surface area contributed by atoms with Crippen molar-refractivity contribution in [3.63, 3.8) is 0 Å². The molecule has 0 aliphatic heterocycles. The fraction of sp³-hybridized carbons (Fsp3) is 0.231. The van der Waals surface area contributed by atoms with Crippen molar-refractivity contribution < 1.29 is 38.9 Å². The minimum absolute atomic E-state index is 0.100. The van der Waals surface area contributed by atoms with Gasteiger partial charge in [-0.15, -0.1) is 0 Å². The average Bonchev–Trinajstić information content (AvgIpc) is 2.82. The number of phenols is 2. The molecule has 0 atom stereocenters. The number of hydrogen-bond donors (Lipinski definition) is 4. The Balaban J connectivity index is 2.73. The Morgan fingerprint density at radius 1 is 0.737 bits per heavy atom. The van der Waals surface area contributed by atoms with Gasteiger partial charge < -0.3 is 30.3 Å². The SMILES string of the molecule is CCOC(=O)/C(=C/c1cc(I)c(O)c(-c2cc(/C=C(\NC(C)=O)C(=O)OCC)cc(I)c2O)c1)NC(C)=O. The van der Waals surface area contributed by atoms with E-state index in [4.69, 9.17) is 9.47 Å². The lowest BCUT2D eigenvalue weighted by atomic mass is 9.98. The molecule has 0 heterocycles. The molecule has 0 aromatic heterocycles. The van der Waals surface area contributed by atoms with Crippen molar-refractivity contribution in [1.82, 2.24) is 10.6 Å². The predicted molar refractivity (Wildman–Crippen MR) is 157 cm³/mol. The van der Waals surface area contributed by atoms with Gasteiger partial charge in [-0.1, -0.05) is 0 Å². The minimum atomic E-state index is -0.735. The standard InChI is InChI=1S/C26H26I2N2O8/c1-5-37-25(35)21(29-13(3)31)11-15-7-17(23(33)19(27)9-15)18-8-16(10-20(28)24(18)34)12-22(30-14(4)32)26(36)38-6-2/h7-12,33-34H,5-6H2,1-4H3,(H,29,31)(H,30,32)/b21-11-,22-12-. The summed E-state index contributed by atoms with van der Waals surface area (Å²) in [7, 11) is 0. The van der Waals surface area contributed by atoms with Crippen LogP contribution in [0.3, 0.4) is 0 Å². The number of aromatic hydroxyl groups is 2. The van der Waals surface area contributed by atoms with Crippen molar-refractivity contribution in [1.29, 1.82) is 0 Å². The second-order valence-corrected chi connectivity index (χ2v) is 10.0. The number of carbonyl (C=O) groups excluding carboxylic acids is 4. The Morgan fingerprint density at radius 2 is 1.08 bits per heavy atom. The molecular formula is C26H26I2N2O8. The Morgan fingerprint density at radius 3 is 1.37 bits per heavy atom. The number of ether oxygens (including phenoxy) is 2. The van der Waals surface area contributed by atoms with Crippen LogP contribution in [-0.2, 0) is 28.7 Å². The van der Waals surface area contributed by atoms with E-state index in [9.17, 15) is 29.4 Å². The summed E-state index contributed by atoms with van der Waals surface area (Å²) in [4.78, 5) is 47.9. The number of carbonyl (C=O) groups is 4. The molecule has 0 fully saturated rings. The van der Waals surface area contributed by atoms with Crippen LogP contribution in [-0.4, -0.2) is 47.2 Å². The third-order valence-electron chi connectivity index (χ3n) is 4.70. The zero-order chi connectivity index (χ0) is 28.6. The number of benzene rings is 2. The molecule has 10 nitrogen and oxygen atoms in total. The zero-order valence-corrected chi connectivity index (χ0v) is 25.3. The van der Waals surface area contributed by atoms with E-state index in [2.05, 4.69) is 10.6 Å². The summed E-state index contributed by atoms with van der Waals surface area (Å²) in [5, 5.41) is 26.6. The minimum Gasteiger partial charge on any atom is -0.506 e. The lowest BCUT2D eigenvalue weighted by Crippen LogP contribution is -2.26. The second-order valence-electron chi connectivity index (χ2n) is 7.72. The van der Waals surface area contributed by atoms with Gasteiger partial charge in [0.25, 0.3) is 0 Å². The van der Waals surface area contributed by atoms with Gasteiger partial charge >= 0.3 is 11.9 Å². The molecule has 0 aliphatic carbocycles. The molecule has 2 amide bonds. The van der Waals surface area contributed by atoms with Crippen molar-refractivity contribution in [2.75, 3.05) is 13.2 Å². The molecule has 2 aromatic rings. The van der Waals surface area contributed by atoms with Gasteiger partial charge in [-0.2, -0.15) is 0 Å². The summed E-state index contributed by atoms with van der Waals surface area (Å²) in [5.74, 6) is -2.69. The first kappa shape index (κ1) is 31.1. The summed E-state index contributed by atoms with van der Waals surface area (Å²) in [6.45, 7) is 5.99. The molecule has 38 heavy (non-hydrogen) atoms. The van der Waals surface area contributed by atoms with Crippen molar-refractivity contribution in [2.45, 2.75) is 27.7 Å². The van der Waals surface area contributed by atoms with Crippen molar-refractivity contribution in [3.05, 3.63) is 53.9 Å². The molecule has 0 bridgehead atoms. The zero-order valence-electron chi connectivity index (χ0n) is 21.0. The van der Waals surface area contributed by atoms with E-state index in [1.54, 1.807) is 26.0 Å². The van der Waals surface area contributed by atoms with Crippen LogP contribution in [0, 0.1) is 7.14 Å². The highest BCUT2D eigenvalue weighted by Crippen LogP contribution is 2.42. The highest BCUT2D eigenvalue weighted by Gasteiger charge is 2.19. The largest absolute Gasteiger partial charge is 0.506 e. The third kappa shape index (κ3) is 8.44. The van der Waals surface area contributed by atoms with E-state index in [1.165, 1.54) is 38.1 Å². The molecule has 0 aliphatic rings. The molecule has 0 spiro atoms. The summed E-state index contributed by atoms with van der Waals surface area (Å²) in [6, 6.07) is 6.22. The molecule has 2 rings (SSSR count). The smallest absolute Gasteiger partial charge is 0.354 e. The highest BCUT2D eigenvalue weighted by molar-refractivity contribution is 14.1. The summed E-state index contributed by atoms with van der Waals surface area (Å²) in [5.41, 5.74) is 1.10. The van der Waals surface area contributed by atoms with Crippen LogP contribution in [0.25, 0.3) is 23.3 Å². The number of esters is 2. The second kappa shape index (κ2) is 14.1. The maximum Gasteiger partial charge on any atom is 0.354 e. The van der Waals surface area contributed by atoms with Gasteiger partial charge in [-0.25, -0.2) is 9.59 Å². The molecule has 12 heteroatoms. The van der Waals surface area contributed by atoms with Gasteiger partial charge in [0.05, 0.1) is 20.4 Å². The molecule has 202 valence electrons. The monoisotopic (exact) mass is 748 g/mol. The first-order chi connectivity index (χ1) is 17.9. The number of halogens is 2. The van der Waals surface area contributed by atoms with E-state index >= 15 is 0 Å². The van der Waals surface area contributed by atoms with E-state index in [1.807, 2.05) is 45.2 Å². The molecule has 4 N–H and O–H groups in total. The first-order valence-corrected chi connectivity index (χ1v) is 13.4. The van der Waals surface area contributed by atoms with E-state index < -0.39 is 23.8 Å². The van der Waals surface area contributed by atoms with Crippen LogP contribution >= 0.6 is 45.2 Å². The topological polar surface area (TPSA) is 151 Å². The van der Waals surface area contributed by atoms with Crippen LogP contribution in [0.15, 0.2) is 35.7 Å². The van der Waals surface area contributed by atoms with E-state index in [-0.39, 0.29) is 47.2 Å².